The molecule has 0 N–H and O–H groups in total. The monoisotopic (exact) mass is 325 g/mol. The van der Waals surface area contributed by atoms with Crippen molar-refractivity contribution < 1.29 is 26.3 Å². The van der Waals surface area contributed by atoms with Crippen molar-refractivity contribution in [3.05, 3.63) is 52.8 Å². The molecule has 0 radical (unpaired) electrons. The standard InChI is InChI=1S/C13H6ClF6N/c14-11-6-8(5-10(21-11)13(18,19)20)7-1-3-9(4-2-7)12(15,16)17/h1-6H. The van der Waals surface area contributed by atoms with Crippen LogP contribution in [0, 0.1) is 0 Å². The topological polar surface area (TPSA) is 12.9 Å². The minimum Gasteiger partial charge on any atom is -0.232 e. The smallest absolute Gasteiger partial charge is 0.232 e. The fourth-order valence-electron chi connectivity index (χ4n) is 1.66. The van der Waals surface area contributed by atoms with Crippen LogP contribution >= 0.6 is 11.6 Å². The van der Waals surface area contributed by atoms with Gasteiger partial charge < -0.3 is 0 Å². The first-order chi connectivity index (χ1) is 9.57. The zero-order valence-electron chi connectivity index (χ0n) is 10.1. The van der Waals surface area contributed by atoms with Crippen LogP contribution in [0.15, 0.2) is 36.4 Å². The lowest BCUT2D eigenvalue weighted by Gasteiger charge is -2.10. The van der Waals surface area contributed by atoms with Gasteiger partial charge in [0.2, 0.25) is 0 Å². The molecular formula is C13H6ClF6N. The number of hydrogen-bond acceptors (Lipinski definition) is 1. The van der Waals surface area contributed by atoms with Gasteiger partial charge in [-0.1, -0.05) is 23.7 Å². The van der Waals surface area contributed by atoms with E-state index in [1.165, 1.54) is 0 Å². The maximum atomic E-state index is 12.6. The maximum absolute atomic E-state index is 12.6. The molecule has 1 nitrogen and oxygen atoms in total. The van der Waals surface area contributed by atoms with Gasteiger partial charge in [-0.3, -0.25) is 0 Å². The molecule has 0 aliphatic carbocycles. The Morgan fingerprint density at radius 3 is 1.81 bits per heavy atom. The van der Waals surface area contributed by atoms with Gasteiger partial charge >= 0.3 is 12.4 Å². The van der Waals surface area contributed by atoms with Gasteiger partial charge in [0, 0.05) is 0 Å². The van der Waals surface area contributed by atoms with Crippen LogP contribution in [0.5, 0.6) is 0 Å². The lowest BCUT2D eigenvalue weighted by Crippen LogP contribution is -2.08. The first kappa shape index (κ1) is 15.6. The number of benzene rings is 1. The highest BCUT2D eigenvalue weighted by Crippen LogP contribution is 2.34. The zero-order chi connectivity index (χ0) is 15.8. The third-order valence-electron chi connectivity index (χ3n) is 2.63. The van der Waals surface area contributed by atoms with Crippen molar-refractivity contribution in [3.63, 3.8) is 0 Å². The Bertz CT molecular complexity index is 645. The Morgan fingerprint density at radius 1 is 0.762 bits per heavy atom. The van der Waals surface area contributed by atoms with Crippen LogP contribution in [-0.2, 0) is 12.4 Å². The van der Waals surface area contributed by atoms with Gasteiger partial charge in [-0.05, 0) is 35.4 Å². The first-order valence-electron chi connectivity index (χ1n) is 5.50. The van der Waals surface area contributed by atoms with E-state index < -0.39 is 23.6 Å². The summed E-state index contributed by atoms with van der Waals surface area (Å²) in [6, 6.07) is 5.62. The van der Waals surface area contributed by atoms with Crippen molar-refractivity contribution in [2.45, 2.75) is 12.4 Å². The predicted molar refractivity (Wildman–Crippen MR) is 64.7 cm³/mol. The minimum atomic E-state index is -4.69. The van der Waals surface area contributed by atoms with Crippen LogP contribution in [0.4, 0.5) is 26.3 Å². The van der Waals surface area contributed by atoms with Crippen molar-refractivity contribution >= 4 is 11.6 Å². The summed E-state index contributed by atoms with van der Waals surface area (Å²) in [6.07, 6.45) is -9.20. The second-order valence-corrected chi connectivity index (χ2v) is 4.52. The van der Waals surface area contributed by atoms with E-state index >= 15 is 0 Å². The average molecular weight is 326 g/mol. The van der Waals surface area contributed by atoms with Crippen LogP contribution in [0.2, 0.25) is 5.15 Å². The zero-order valence-corrected chi connectivity index (χ0v) is 10.8. The molecular weight excluding hydrogens is 320 g/mol. The minimum absolute atomic E-state index is 0.0380. The van der Waals surface area contributed by atoms with Crippen molar-refractivity contribution in [2.24, 2.45) is 0 Å². The Hall–Kier alpha value is -1.76. The molecule has 0 atom stereocenters. The molecule has 0 spiro atoms. The molecule has 8 heteroatoms. The van der Waals surface area contributed by atoms with Crippen LogP contribution in [-0.4, -0.2) is 4.98 Å². The Morgan fingerprint density at radius 2 is 1.33 bits per heavy atom. The molecule has 0 saturated heterocycles. The highest BCUT2D eigenvalue weighted by Gasteiger charge is 2.33. The molecule has 21 heavy (non-hydrogen) atoms. The molecule has 0 fully saturated rings. The van der Waals surface area contributed by atoms with Gasteiger partial charge in [0.15, 0.2) is 0 Å². The number of alkyl halides is 6. The lowest BCUT2D eigenvalue weighted by molar-refractivity contribution is -0.141. The molecule has 0 amide bonds. The van der Waals surface area contributed by atoms with Gasteiger partial charge in [-0.15, -0.1) is 0 Å². The summed E-state index contributed by atoms with van der Waals surface area (Å²) >= 11 is 5.52. The van der Waals surface area contributed by atoms with Gasteiger partial charge in [0.05, 0.1) is 5.56 Å². The summed E-state index contributed by atoms with van der Waals surface area (Å²) in [5.74, 6) is 0. The van der Waals surface area contributed by atoms with Crippen molar-refractivity contribution in [1.29, 1.82) is 0 Å². The van der Waals surface area contributed by atoms with E-state index in [0.29, 0.717) is 0 Å². The molecule has 112 valence electrons. The van der Waals surface area contributed by atoms with E-state index in [4.69, 9.17) is 11.6 Å². The van der Waals surface area contributed by atoms with Crippen molar-refractivity contribution in [2.75, 3.05) is 0 Å². The van der Waals surface area contributed by atoms with Crippen LogP contribution in [0.25, 0.3) is 11.1 Å². The maximum Gasteiger partial charge on any atom is 0.433 e. The number of aromatic nitrogens is 1. The number of hydrogen-bond donors (Lipinski definition) is 0. The number of halogens is 7. The summed E-state index contributed by atoms with van der Waals surface area (Å²) < 4.78 is 75.1. The highest BCUT2D eigenvalue weighted by atomic mass is 35.5. The normalized spacial score (nSPS) is 12.5. The second kappa shape index (κ2) is 5.22. The van der Waals surface area contributed by atoms with Gasteiger partial charge in [0.25, 0.3) is 0 Å². The van der Waals surface area contributed by atoms with Crippen LogP contribution in [0.1, 0.15) is 11.3 Å². The van der Waals surface area contributed by atoms with Crippen LogP contribution in [0.3, 0.4) is 0 Å². The Labute approximate surface area is 120 Å². The summed E-state index contributed by atoms with van der Waals surface area (Å²) in [5.41, 5.74) is -1.87. The third-order valence-corrected chi connectivity index (χ3v) is 2.82. The average Bonchev–Trinajstić information content (AvgIpc) is 2.36. The SMILES string of the molecule is FC(F)(F)c1ccc(-c2cc(Cl)nc(C(F)(F)F)c2)cc1. The molecule has 0 aliphatic heterocycles. The molecule has 2 aromatic rings. The van der Waals surface area contributed by atoms with Crippen molar-refractivity contribution in [3.8, 4) is 11.1 Å². The highest BCUT2D eigenvalue weighted by molar-refractivity contribution is 6.29. The summed E-state index contributed by atoms with van der Waals surface area (Å²) in [4.78, 5) is 3.15. The van der Waals surface area contributed by atoms with Crippen LogP contribution < -0.4 is 0 Å². The van der Waals surface area contributed by atoms with E-state index in [2.05, 4.69) is 4.98 Å². The summed E-state index contributed by atoms with van der Waals surface area (Å²) in [5, 5.41) is -0.389. The number of nitrogens with zero attached hydrogens (tertiary/aromatic N) is 1. The second-order valence-electron chi connectivity index (χ2n) is 4.14. The van der Waals surface area contributed by atoms with E-state index in [9.17, 15) is 26.3 Å². The van der Waals surface area contributed by atoms with Gasteiger partial charge in [-0.25, -0.2) is 4.98 Å². The van der Waals surface area contributed by atoms with E-state index in [1.807, 2.05) is 0 Å². The fraction of sp³-hybridized carbons (Fsp3) is 0.154. The van der Waals surface area contributed by atoms with E-state index in [0.717, 1.165) is 36.4 Å². The van der Waals surface area contributed by atoms with E-state index in [-0.39, 0.29) is 16.3 Å². The molecule has 0 unspecified atom stereocenters. The third kappa shape index (κ3) is 3.66. The van der Waals surface area contributed by atoms with Crippen molar-refractivity contribution in [1.82, 2.24) is 4.98 Å². The summed E-state index contributed by atoms with van der Waals surface area (Å²) in [6.45, 7) is 0. The first-order valence-corrected chi connectivity index (χ1v) is 5.87. The summed E-state index contributed by atoms with van der Waals surface area (Å²) in [7, 11) is 0. The van der Waals surface area contributed by atoms with Gasteiger partial charge in [-0.2, -0.15) is 26.3 Å². The number of rotatable bonds is 1. The largest absolute Gasteiger partial charge is 0.433 e. The Kier molecular flexibility index (Phi) is 3.88. The predicted octanol–water partition coefficient (Wildman–Crippen LogP) is 5.44. The molecule has 1 aromatic carbocycles. The quantitative estimate of drug-likeness (QED) is 0.502. The Balaban J connectivity index is 2.45. The molecule has 1 heterocycles. The molecule has 2 rings (SSSR count). The lowest BCUT2D eigenvalue weighted by atomic mass is 10.0. The fourth-order valence-corrected chi connectivity index (χ4v) is 1.87. The van der Waals surface area contributed by atoms with E-state index in [1.54, 1.807) is 0 Å². The molecule has 0 aliphatic rings. The van der Waals surface area contributed by atoms with Gasteiger partial charge in [0.1, 0.15) is 10.8 Å². The molecule has 1 aromatic heterocycles. The molecule has 0 saturated carbocycles. The number of pyridine rings is 1. The molecule has 0 bridgehead atoms.